The molecule has 1 amide bonds. The van der Waals surface area contributed by atoms with E-state index in [-0.39, 0.29) is 12.5 Å². The van der Waals surface area contributed by atoms with Gasteiger partial charge in [0.25, 0.3) is 0 Å². The molecule has 0 aliphatic carbocycles. The third-order valence-electron chi connectivity index (χ3n) is 3.62. The van der Waals surface area contributed by atoms with Gasteiger partial charge < -0.3 is 19.9 Å². The summed E-state index contributed by atoms with van der Waals surface area (Å²) in [7, 11) is 0. The van der Waals surface area contributed by atoms with Crippen molar-refractivity contribution in [2.75, 3.05) is 25.0 Å². The molecule has 0 bridgehead atoms. The Labute approximate surface area is 152 Å². The van der Waals surface area contributed by atoms with Gasteiger partial charge in [0.15, 0.2) is 5.82 Å². The molecule has 0 saturated heterocycles. The maximum absolute atomic E-state index is 11.7. The van der Waals surface area contributed by atoms with E-state index < -0.39 is 0 Å². The molecule has 0 atom stereocenters. The van der Waals surface area contributed by atoms with Crippen LogP contribution in [0.15, 0.2) is 67.0 Å². The predicted molar refractivity (Wildman–Crippen MR) is 99.0 cm³/mol. The summed E-state index contributed by atoms with van der Waals surface area (Å²) >= 11 is 0. The van der Waals surface area contributed by atoms with Crippen LogP contribution in [0.4, 0.5) is 5.82 Å². The molecule has 0 spiro atoms. The Morgan fingerprint density at radius 3 is 2.50 bits per heavy atom. The highest BCUT2D eigenvalue weighted by Gasteiger charge is 2.02. The van der Waals surface area contributed by atoms with Crippen LogP contribution >= 0.6 is 0 Å². The second-order valence-corrected chi connectivity index (χ2v) is 5.62. The van der Waals surface area contributed by atoms with E-state index in [1.807, 2.05) is 71.6 Å². The van der Waals surface area contributed by atoms with Crippen molar-refractivity contribution in [2.24, 2.45) is 0 Å². The largest absolute Gasteiger partial charge is 0.367 e. The lowest BCUT2D eigenvalue weighted by Crippen LogP contribution is -2.31. The molecule has 26 heavy (non-hydrogen) atoms. The number of benzene rings is 1. The molecule has 0 fully saturated rings. The minimum Gasteiger partial charge on any atom is -0.367 e. The van der Waals surface area contributed by atoms with Crippen LogP contribution in [0.2, 0.25) is 0 Å². The fraction of sp³-hybridized carbons (Fsp3) is 0.211. The summed E-state index contributed by atoms with van der Waals surface area (Å²) in [6.07, 6.45) is 3.82. The predicted octanol–water partition coefficient (Wildman–Crippen LogP) is 2.01. The van der Waals surface area contributed by atoms with Crippen molar-refractivity contribution in [2.45, 2.75) is 6.61 Å². The molecule has 7 heteroatoms. The maximum Gasteiger partial charge on any atom is 0.246 e. The average molecular weight is 351 g/mol. The number of nitrogens with zero attached hydrogens (tertiary/aromatic N) is 3. The van der Waals surface area contributed by atoms with Crippen molar-refractivity contribution < 1.29 is 9.53 Å². The number of amides is 1. The van der Waals surface area contributed by atoms with E-state index in [4.69, 9.17) is 4.74 Å². The molecule has 0 aliphatic rings. The highest BCUT2D eigenvalue weighted by atomic mass is 16.5. The van der Waals surface area contributed by atoms with Gasteiger partial charge in [-0.1, -0.05) is 30.3 Å². The quantitative estimate of drug-likeness (QED) is 0.577. The standard InChI is InChI=1S/C19H21N5O2/c25-19(15-26-14-16-6-2-1-3-7-16)21-11-10-20-17-8-9-18(23-22-17)24-12-4-5-13-24/h1-9,12-13H,10-11,14-15H2,(H,20,22)(H,21,25). The third-order valence-corrected chi connectivity index (χ3v) is 3.62. The molecule has 0 saturated carbocycles. The van der Waals surface area contributed by atoms with Crippen LogP contribution in [-0.2, 0) is 16.1 Å². The SMILES string of the molecule is O=C(COCc1ccccc1)NCCNc1ccc(-n2cccc2)nn1. The first kappa shape index (κ1) is 17.6. The molecule has 2 heterocycles. The summed E-state index contributed by atoms with van der Waals surface area (Å²) in [5, 5.41) is 14.2. The minimum atomic E-state index is -0.142. The molecule has 7 nitrogen and oxygen atoms in total. The van der Waals surface area contributed by atoms with Gasteiger partial charge in [0.1, 0.15) is 12.4 Å². The van der Waals surface area contributed by atoms with Crippen molar-refractivity contribution >= 4 is 11.7 Å². The van der Waals surface area contributed by atoms with Crippen LogP contribution in [0.5, 0.6) is 0 Å². The van der Waals surface area contributed by atoms with Crippen LogP contribution < -0.4 is 10.6 Å². The number of hydrogen-bond donors (Lipinski definition) is 2. The zero-order valence-electron chi connectivity index (χ0n) is 14.3. The number of carbonyl (C=O) groups is 1. The molecule has 1 aromatic carbocycles. The van der Waals surface area contributed by atoms with Gasteiger partial charge in [-0.3, -0.25) is 4.79 Å². The second-order valence-electron chi connectivity index (χ2n) is 5.62. The molecule has 0 radical (unpaired) electrons. The van der Waals surface area contributed by atoms with Gasteiger partial charge in [-0.2, -0.15) is 0 Å². The van der Waals surface area contributed by atoms with Gasteiger partial charge in [-0.25, -0.2) is 0 Å². The Balaban J connectivity index is 1.30. The summed E-state index contributed by atoms with van der Waals surface area (Å²) in [4.78, 5) is 11.7. The Morgan fingerprint density at radius 1 is 0.962 bits per heavy atom. The molecule has 0 aliphatic heterocycles. The third kappa shape index (κ3) is 5.42. The smallest absolute Gasteiger partial charge is 0.246 e. The van der Waals surface area contributed by atoms with Crippen LogP contribution in [0.25, 0.3) is 5.82 Å². The summed E-state index contributed by atoms with van der Waals surface area (Å²) in [6, 6.07) is 17.4. The molecule has 2 N–H and O–H groups in total. The second kappa shape index (κ2) is 9.33. The number of rotatable bonds is 9. The van der Waals surface area contributed by atoms with E-state index in [1.54, 1.807) is 0 Å². The van der Waals surface area contributed by atoms with E-state index in [0.29, 0.717) is 25.5 Å². The van der Waals surface area contributed by atoms with E-state index in [1.165, 1.54) is 0 Å². The summed E-state index contributed by atoms with van der Waals surface area (Å²) in [5.41, 5.74) is 1.05. The van der Waals surface area contributed by atoms with Crippen LogP contribution in [-0.4, -0.2) is 40.4 Å². The van der Waals surface area contributed by atoms with Crippen molar-refractivity contribution in [3.05, 3.63) is 72.6 Å². The molecular weight excluding hydrogens is 330 g/mol. The van der Waals surface area contributed by atoms with E-state index in [0.717, 1.165) is 11.4 Å². The van der Waals surface area contributed by atoms with E-state index in [9.17, 15) is 4.79 Å². The van der Waals surface area contributed by atoms with Gasteiger partial charge in [0, 0.05) is 25.5 Å². The van der Waals surface area contributed by atoms with Gasteiger partial charge in [-0.05, 0) is 29.8 Å². The van der Waals surface area contributed by atoms with E-state index in [2.05, 4.69) is 20.8 Å². The van der Waals surface area contributed by atoms with Crippen LogP contribution in [0.1, 0.15) is 5.56 Å². The topological polar surface area (TPSA) is 81.1 Å². The summed E-state index contributed by atoms with van der Waals surface area (Å²) in [5.74, 6) is 1.27. The monoisotopic (exact) mass is 351 g/mol. The Hall–Kier alpha value is -3.19. The first-order valence-corrected chi connectivity index (χ1v) is 8.40. The van der Waals surface area contributed by atoms with Gasteiger partial charge in [-0.15, -0.1) is 10.2 Å². The first-order valence-electron chi connectivity index (χ1n) is 8.40. The van der Waals surface area contributed by atoms with Crippen molar-refractivity contribution in [3.8, 4) is 5.82 Å². The molecular formula is C19H21N5O2. The average Bonchev–Trinajstić information content (AvgIpc) is 3.21. The Morgan fingerprint density at radius 2 is 1.77 bits per heavy atom. The zero-order chi connectivity index (χ0) is 18.0. The van der Waals surface area contributed by atoms with Crippen molar-refractivity contribution in [1.29, 1.82) is 0 Å². The molecule has 0 unspecified atom stereocenters. The number of nitrogens with one attached hydrogen (secondary N) is 2. The molecule has 134 valence electrons. The van der Waals surface area contributed by atoms with Gasteiger partial charge in [0.05, 0.1) is 6.61 Å². The normalized spacial score (nSPS) is 10.5. The fourth-order valence-corrected chi connectivity index (χ4v) is 2.32. The molecule has 3 rings (SSSR count). The molecule has 3 aromatic rings. The number of hydrogen-bond acceptors (Lipinski definition) is 5. The van der Waals surface area contributed by atoms with Crippen molar-refractivity contribution in [3.63, 3.8) is 0 Å². The maximum atomic E-state index is 11.7. The Bertz CT molecular complexity index is 789. The van der Waals surface area contributed by atoms with Gasteiger partial charge >= 0.3 is 0 Å². The van der Waals surface area contributed by atoms with Crippen LogP contribution in [0.3, 0.4) is 0 Å². The molecule has 2 aromatic heterocycles. The number of carbonyl (C=O) groups excluding carboxylic acids is 1. The lowest BCUT2D eigenvalue weighted by Gasteiger charge is -2.08. The minimum absolute atomic E-state index is 0.0419. The number of aromatic nitrogens is 3. The van der Waals surface area contributed by atoms with E-state index >= 15 is 0 Å². The van der Waals surface area contributed by atoms with Crippen LogP contribution in [0, 0.1) is 0 Å². The lowest BCUT2D eigenvalue weighted by atomic mass is 10.2. The summed E-state index contributed by atoms with van der Waals surface area (Å²) in [6.45, 7) is 1.51. The highest BCUT2D eigenvalue weighted by Crippen LogP contribution is 2.06. The number of ether oxygens (including phenoxy) is 1. The lowest BCUT2D eigenvalue weighted by molar-refractivity contribution is -0.126. The van der Waals surface area contributed by atoms with Gasteiger partial charge in [0.2, 0.25) is 5.91 Å². The Kier molecular flexibility index (Phi) is 6.33. The fourth-order valence-electron chi connectivity index (χ4n) is 2.32. The highest BCUT2D eigenvalue weighted by molar-refractivity contribution is 5.77. The summed E-state index contributed by atoms with van der Waals surface area (Å²) < 4.78 is 7.27. The van der Waals surface area contributed by atoms with Crippen molar-refractivity contribution in [1.82, 2.24) is 20.1 Å². The first-order chi connectivity index (χ1) is 12.8. The number of anilines is 1. The zero-order valence-corrected chi connectivity index (χ0v) is 14.3.